The number of aryl methyl sites for hydroxylation is 1. The summed E-state index contributed by atoms with van der Waals surface area (Å²) in [6, 6.07) is 0. The quantitative estimate of drug-likeness (QED) is 0.841. The Morgan fingerprint density at radius 2 is 2.36 bits per heavy atom. The number of hydrogen-bond donors (Lipinski definition) is 1. The molecule has 0 spiro atoms. The Labute approximate surface area is 91.2 Å². The van der Waals surface area contributed by atoms with Crippen LogP contribution in [-0.2, 0) is 6.42 Å². The molecule has 76 valence electrons. The molecule has 1 N–H and O–H groups in total. The van der Waals surface area contributed by atoms with Crippen LogP contribution in [0.3, 0.4) is 0 Å². The van der Waals surface area contributed by atoms with Crippen molar-refractivity contribution in [3.8, 4) is 0 Å². The number of aromatic nitrogens is 2. The molecule has 0 amide bonds. The van der Waals surface area contributed by atoms with Gasteiger partial charge in [-0.3, -0.25) is 4.99 Å². The van der Waals surface area contributed by atoms with Crippen molar-refractivity contribution in [2.45, 2.75) is 13.3 Å². The van der Waals surface area contributed by atoms with E-state index in [0.717, 1.165) is 40.4 Å². The van der Waals surface area contributed by atoms with Gasteiger partial charge in [-0.2, -0.15) is 0 Å². The van der Waals surface area contributed by atoms with Crippen LogP contribution < -0.4 is 5.32 Å². The van der Waals surface area contributed by atoms with Gasteiger partial charge < -0.3 is 5.32 Å². The van der Waals surface area contributed by atoms with Crippen LogP contribution in [0.25, 0.3) is 0 Å². The first-order chi connectivity index (χ1) is 6.84. The summed E-state index contributed by atoms with van der Waals surface area (Å²) >= 11 is 3.45. The van der Waals surface area contributed by atoms with E-state index in [4.69, 9.17) is 0 Å². The molecule has 1 aromatic rings. The van der Waals surface area contributed by atoms with E-state index in [2.05, 4.69) is 20.5 Å². The van der Waals surface area contributed by atoms with Gasteiger partial charge >= 0.3 is 0 Å². The van der Waals surface area contributed by atoms with Gasteiger partial charge in [0.2, 0.25) is 0 Å². The van der Waals surface area contributed by atoms with Gasteiger partial charge in [0.25, 0.3) is 0 Å². The number of aliphatic imine (C=N–C) groups is 1. The minimum absolute atomic E-state index is 0.903. The van der Waals surface area contributed by atoms with Crippen molar-refractivity contribution in [3.63, 3.8) is 0 Å². The topological polar surface area (TPSA) is 50.2 Å². The molecule has 2 rings (SSSR count). The molecule has 0 saturated heterocycles. The van der Waals surface area contributed by atoms with Gasteiger partial charge in [-0.1, -0.05) is 11.8 Å². The fourth-order valence-electron chi connectivity index (χ4n) is 1.16. The molecule has 4 nitrogen and oxygen atoms in total. The van der Waals surface area contributed by atoms with Crippen LogP contribution in [0.4, 0.5) is 0 Å². The van der Waals surface area contributed by atoms with Crippen molar-refractivity contribution >= 4 is 28.3 Å². The lowest BCUT2D eigenvalue weighted by Crippen LogP contribution is -2.21. The van der Waals surface area contributed by atoms with Crippen LogP contribution in [0, 0.1) is 6.92 Å². The zero-order valence-corrected chi connectivity index (χ0v) is 9.62. The molecule has 0 aromatic carbocycles. The van der Waals surface area contributed by atoms with Gasteiger partial charge in [-0.25, -0.2) is 0 Å². The molecular formula is C8H12N4S2. The summed E-state index contributed by atoms with van der Waals surface area (Å²) in [5.41, 5.74) is 0. The van der Waals surface area contributed by atoms with Crippen LogP contribution in [0.5, 0.6) is 0 Å². The van der Waals surface area contributed by atoms with Crippen LogP contribution >= 0.6 is 23.1 Å². The number of nitrogens with one attached hydrogen (secondary N) is 1. The van der Waals surface area contributed by atoms with E-state index in [1.807, 2.05) is 6.92 Å². The third-order valence-electron chi connectivity index (χ3n) is 1.77. The van der Waals surface area contributed by atoms with E-state index in [0.29, 0.717) is 0 Å². The van der Waals surface area contributed by atoms with Gasteiger partial charge in [0.1, 0.15) is 10.0 Å². The van der Waals surface area contributed by atoms with Crippen LogP contribution in [-0.4, -0.2) is 34.2 Å². The second-order valence-corrected chi connectivity index (χ2v) is 5.28. The van der Waals surface area contributed by atoms with E-state index in [9.17, 15) is 0 Å². The average Bonchev–Trinajstić information content (AvgIpc) is 2.77. The molecule has 1 aliphatic heterocycles. The number of nitrogens with zero attached hydrogens (tertiary/aromatic N) is 3. The molecule has 0 radical (unpaired) electrons. The van der Waals surface area contributed by atoms with Crippen molar-refractivity contribution in [2.75, 3.05) is 18.8 Å². The Bertz CT molecular complexity index is 334. The van der Waals surface area contributed by atoms with E-state index in [-0.39, 0.29) is 0 Å². The predicted molar refractivity (Wildman–Crippen MR) is 61.1 cm³/mol. The zero-order chi connectivity index (χ0) is 9.80. The monoisotopic (exact) mass is 228 g/mol. The molecule has 0 unspecified atom stereocenters. The summed E-state index contributed by atoms with van der Waals surface area (Å²) in [5.74, 6) is 1.11. The summed E-state index contributed by atoms with van der Waals surface area (Å²) < 4.78 is 0. The lowest BCUT2D eigenvalue weighted by molar-refractivity contribution is 0.844. The smallest absolute Gasteiger partial charge is 0.156 e. The highest BCUT2D eigenvalue weighted by molar-refractivity contribution is 8.14. The molecule has 0 saturated carbocycles. The lowest BCUT2D eigenvalue weighted by Gasteiger charge is -2.01. The fraction of sp³-hybridized carbons (Fsp3) is 0.625. The number of thioether (sulfide) groups is 1. The normalized spacial score (nSPS) is 15.6. The number of amidine groups is 1. The number of rotatable bonds is 3. The highest BCUT2D eigenvalue weighted by Gasteiger charge is 2.06. The Hall–Kier alpha value is -0.620. The number of hydrogen-bond acceptors (Lipinski definition) is 6. The first kappa shape index (κ1) is 9.92. The van der Waals surface area contributed by atoms with E-state index >= 15 is 0 Å². The fourth-order valence-corrected chi connectivity index (χ4v) is 2.63. The van der Waals surface area contributed by atoms with Gasteiger partial charge in [0.15, 0.2) is 5.17 Å². The summed E-state index contributed by atoms with van der Waals surface area (Å²) in [4.78, 5) is 4.31. The van der Waals surface area contributed by atoms with E-state index < -0.39 is 0 Å². The highest BCUT2D eigenvalue weighted by atomic mass is 32.2. The molecule has 1 aliphatic rings. The average molecular weight is 228 g/mol. The maximum atomic E-state index is 4.31. The Morgan fingerprint density at radius 3 is 3.00 bits per heavy atom. The summed E-state index contributed by atoms with van der Waals surface area (Å²) in [7, 11) is 0. The summed E-state index contributed by atoms with van der Waals surface area (Å²) in [5, 5.41) is 14.5. The summed E-state index contributed by atoms with van der Waals surface area (Å²) in [6.45, 7) is 3.83. The van der Waals surface area contributed by atoms with Crippen molar-refractivity contribution in [1.29, 1.82) is 0 Å². The molecule has 6 heteroatoms. The predicted octanol–water partition coefficient (Wildman–Crippen LogP) is 1.08. The highest BCUT2D eigenvalue weighted by Crippen LogP contribution is 2.10. The molecule has 14 heavy (non-hydrogen) atoms. The first-order valence-electron chi connectivity index (χ1n) is 4.55. The van der Waals surface area contributed by atoms with Crippen molar-refractivity contribution in [1.82, 2.24) is 15.5 Å². The SMILES string of the molecule is Cc1nnc(CCNC2=NCCS2)s1. The van der Waals surface area contributed by atoms with Gasteiger partial charge in [-0.15, -0.1) is 21.5 Å². The van der Waals surface area contributed by atoms with Gasteiger partial charge in [0, 0.05) is 18.7 Å². The third kappa shape index (κ3) is 2.68. The first-order valence-corrected chi connectivity index (χ1v) is 6.35. The minimum atomic E-state index is 0.903. The van der Waals surface area contributed by atoms with Gasteiger partial charge in [-0.05, 0) is 6.92 Å². The zero-order valence-electron chi connectivity index (χ0n) is 7.99. The molecule has 1 aromatic heterocycles. The van der Waals surface area contributed by atoms with Crippen LogP contribution in [0.1, 0.15) is 10.0 Å². The molecule has 0 bridgehead atoms. The molecule has 0 atom stereocenters. The van der Waals surface area contributed by atoms with Crippen LogP contribution in [0.15, 0.2) is 4.99 Å². The molecule has 0 aliphatic carbocycles. The minimum Gasteiger partial charge on any atom is -0.365 e. The Kier molecular flexibility index (Phi) is 3.36. The van der Waals surface area contributed by atoms with Crippen molar-refractivity contribution in [3.05, 3.63) is 10.0 Å². The summed E-state index contributed by atoms with van der Waals surface area (Å²) in [6.07, 6.45) is 0.936. The van der Waals surface area contributed by atoms with Gasteiger partial charge in [0.05, 0.1) is 6.54 Å². The third-order valence-corrected chi connectivity index (χ3v) is 3.60. The maximum Gasteiger partial charge on any atom is 0.156 e. The van der Waals surface area contributed by atoms with Crippen molar-refractivity contribution in [2.24, 2.45) is 4.99 Å². The second kappa shape index (κ2) is 4.75. The molecule has 2 heterocycles. The Morgan fingerprint density at radius 1 is 1.43 bits per heavy atom. The van der Waals surface area contributed by atoms with E-state index in [1.54, 1.807) is 23.1 Å². The standard InChI is InChI=1S/C8H12N4S2/c1-6-11-12-7(14-6)2-3-9-8-10-4-5-13-8/h2-5H2,1H3,(H,9,10). The lowest BCUT2D eigenvalue weighted by atomic mass is 10.4. The second-order valence-electron chi connectivity index (χ2n) is 2.93. The Balaban J connectivity index is 1.72. The molecular weight excluding hydrogens is 216 g/mol. The largest absolute Gasteiger partial charge is 0.365 e. The molecule has 0 fully saturated rings. The van der Waals surface area contributed by atoms with E-state index in [1.165, 1.54) is 0 Å². The van der Waals surface area contributed by atoms with Crippen molar-refractivity contribution < 1.29 is 0 Å². The van der Waals surface area contributed by atoms with Crippen LogP contribution in [0.2, 0.25) is 0 Å². The maximum absolute atomic E-state index is 4.31.